The second-order valence-corrected chi connectivity index (χ2v) is 5.46. The minimum atomic E-state index is 0.135. The molecule has 0 aliphatic heterocycles. The molecular formula is C14H26N2O2. The summed E-state index contributed by atoms with van der Waals surface area (Å²) in [5.74, 6) is 0.135. The summed E-state index contributed by atoms with van der Waals surface area (Å²) in [4.78, 5) is 11.5. The zero-order valence-electron chi connectivity index (χ0n) is 11.2. The maximum atomic E-state index is 11.5. The highest BCUT2D eigenvalue weighted by atomic mass is 16.5. The molecule has 0 heterocycles. The molecule has 2 saturated carbocycles. The number of hydrogen-bond acceptors (Lipinski definition) is 3. The Morgan fingerprint density at radius 3 is 2.56 bits per heavy atom. The van der Waals surface area contributed by atoms with E-state index in [1.165, 1.54) is 44.9 Å². The van der Waals surface area contributed by atoms with Crippen molar-refractivity contribution in [2.75, 3.05) is 19.7 Å². The maximum absolute atomic E-state index is 11.5. The van der Waals surface area contributed by atoms with Gasteiger partial charge in [-0.1, -0.05) is 19.3 Å². The fraction of sp³-hybridized carbons (Fsp3) is 0.929. The molecule has 104 valence electrons. The van der Waals surface area contributed by atoms with E-state index >= 15 is 0 Å². The molecule has 1 amide bonds. The summed E-state index contributed by atoms with van der Waals surface area (Å²) in [6.45, 7) is 2.12. The van der Waals surface area contributed by atoms with Gasteiger partial charge in [-0.15, -0.1) is 0 Å². The molecule has 2 aliphatic rings. The lowest BCUT2D eigenvalue weighted by Gasteiger charge is -2.21. The van der Waals surface area contributed by atoms with Gasteiger partial charge in [0.05, 0.1) is 12.7 Å². The second kappa shape index (κ2) is 7.74. The number of rotatable bonds is 8. The molecule has 2 N–H and O–H groups in total. The fourth-order valence-corrected chi connectivity index (χ4v) is 2.41. The van der Waals surface area contributed by atoms with Crippen LogP contribution in [0.3, 0.4) is 0 Å². The van der Waals surface area contributed by atoms with Gasteiger partial charge < -0.3 is 15.4 Å². The number of amides is 1. The summed E-state index contributed by atoms with van der Waals surface area (Å²) in [6.07, 6.45) is 9.90. The van der Waals surface area contributed by atoms with Gasteiger partial charge in [0.1, 0.15) is 0 Å². The summed E-state index contributed by atoms with van der Waals surface area (Å²) in [5, 5.41) is 6.25. The maximum Gasteiger partial charge on any atom is 0.221 e. The van der Waals surface area contributed by atoms with Crippen molar-refractivity contribution in [3.05, 3.63) is 0 Å². The predicted molar refractivity (Wildman–Crippen MR) is 71.5 cm³/mol. The molecular weight excluding hydrogens is 228 g/mol. The van der Waals surface area contributed by atoms with Crippen LogP contribution >= 0.6 is 0 Å². The smallest absolute Gasteiger partial charge is 0.221 e. The largest absolute Gasteiger partial charge is 0.376 e. The van der Waals surface area contributed by atoms with Gasteiger partial charge in [0, 0.05) is 25.6 Å². The van der Waals surface area contributed by atoms with Crippen molar-refractivity contribution < 1.29 is 9.53 Å². The zero-order chi connectivity index (χ0) is 12.6. The average molecular weight is 254 g/mol. The highest BCUT2D eigenvalue weighted by Crippen LogP contribution is 2.20. The normalized spacial score (nSPS) is 20.9. The Bertz CT molecular complexity index is 248. The van der Waals surface area contributed by atoms with Crippen LogP contribution in [0.4, 0.5) is 0 Å². The monoisotopic (exact) mass is 254 g/mol. The van der Waals surface area contributed by atoms with Crippen LogP contribution in [0.1, 0.15) is 51.4 Å². The number of hydrogen-bond donors (Lipinski definition) is 2. The summed E-state index contributed by atoms with van der Waals surface area (Å²) >= 11 is 0. The molecule has 0 unspecified atom stereocenters. The summed E-state index contributed by atoms with van der Waals surface area (Å²) < 4.78 is 5.76. The number of ether oxygens (including phenoxy) is 1. The SMILES string of the molecule is O=C(CCNC1CC1)NCCOC1CCCCC1. The first kappa shape index (κ1) is 13.8. The van der Waals surface area contributed by atoms with Crippen LogP contribution < -0.4 is 10.6 Å². The van der Waals surface area contributed by atoms with Crippen molar-refractivity contribution in [1.29, 1.82) is 0 Å². The van der Waals surface area contributed by atoms with Crippen LogP contribution in [0, 0.1) is 0 Å². The molecule has 2 aliphatic carbocycles. The minimum Gasteiger partial charge on any atom is -0.376 e. The van der Waals surface area contributed by atoms with E-state index in [1.54, 1.807) is 0 Å². The lowest BCUT2D eigenvalue weighted by Crippen LogP contribution is -2.31. The zero-order valence-corrected chi connectivity index (χ0v) is 11.2. The molecule has 4 nitrogen and oxygen atoms in total. The third-order valence-electron chi connectivity index (χ3n) is 3.69. The Morgan fingerprint density at radius 2 is 1.83 bits per heavy atom. The van der Waals surface area contributed by atoms with Crippen molar-refractivity contribution in [3.63, 3.8) is 0 Å². The summed E-state index contributed by atoms with van der Waals surface area (Å²) in [5.41, 5.74) is 0. The molecule has 0 atom stereocenters. The van der Waals surface area contributed by atoms with E-state index < -0.39 is 0 Å². The second-order valence-electron chi connectivity index (χ2n) is 5.46. The number of nitrogens with one attached hydrogen (secondary N) is 2. The van der Waals surface area contributed by atoms with Crippen LogP contribution in [0.5, 0.6) is 0 Å². The van der Waals surface area contributed by atoms with Crippen molar-refractivity contribution in [3.8, 4) is 0 Å². The first-order valence-electron chi connectivity index (χ1n) is 7.46. The van der Waals surface area contributed by atoms with Crippen LogP contribution in [-0.2, 0) is 9.53 Å². The van der Waals surface area contributed by atoms with Crippen LogP contribution in [0.15, 0.2) is 0 Å². The van der Waals surface area contributed by atoms with E-state index in [2.05, 4.69) is 10.6 Å². The van der Waals surface area contributed by atoms with Crippen LogP contribution in [0.25, 0.3) is 0 Å². The third kappa shape index (κ3) is 5.83. The Balaban J connectivity index is 1.40. The first-order chi connectivity index (χ1) is 8.84. The molecule has 0 aromatic carbocycles. The van der Waals surface area contributed by atoms with Gasteiger partial charge in [0.2, 0.25) is 5.91 Å². The average Bonchev–Trinajstić information content (AvgIpc) is 3.20. The molecule has 2 fully saturated rings. The molecule has 0 bridgehead atoms. The Morgan fingerprint density at radius 1 is 1.06 bits per heavy atom. The van der Waals surface area contributed by atoms with Gasteiger partial charge in [-0.2, -0.15) is 0 Å². The molecule has 0 saturated heterocycles. The minimum absolute atomic E-state index is 0.135. The van der Waals surface area contributed by atoms with Gasteiger partial charge in [-0.3, -0.25) is 4.79 Å². The third-order valence-corrected chi connectivity index (χ3v) is 3.69. The molecule has 0 radical (unpaired) electrons. The number of carbonyl (C=O) groups is 1. The molecule has 0 aromatic heterocycles. The van der Waals surface area contributed by atoms with Crippen LogP contribution in [0.2, 0.25) is 0 Å². The van der Waals surface area contributed by atoms with Gasteiger partial charge >= 0.3 is 0 Å². The number of carbonyl (C=O) groups excluding carboxylic acids is 1. The molecule has 0 spiro atoms. The lowest BCUT2D eigenvalue weighted by atomic mass is 9.98. The first-order valence-corrected chi connectivity index (χ1v) is 7.46. The Kier molecular flexibility index (Phi) is 5.94. The molecule has 2 rings (SSSR count). The van der Waals surface area contributed by atoms with Gasteiger partial charge in [0.15, 0.2) is 0 Å². The van der Waals surface area contributed by atoms with Crippen molar-refractivity contribution in [2.45, 2.75) is 63.5 Å². The Labute approximate surface area is 110 Å². The highest BCUT2D eigenvalue weighted by Gasteiger charge is 2.20. The topological polar surface area (TPSA) is 50.4 Å². The standard InChI is InChI=1S/C14H26N2O2/c17-14(8-9-15-12-6-7-12)16-10-11-18-13-4-2-1-3-5-13/h12-13,15H,1-11H2,(H,16,17). The van der Waals surface area contributed by atoms with E-state index in [1.807, 2.05) is 0 Å². The fourth-order valence-electron chi connectivity index (χ4n) is 2.41. The quantitative estimate of drug-likeness (QED) is 0.647. The molecule has 4 heteroatoms. The van der Waals surface area contributed by atoms with E-state index in [0.29, 0.717) is 31.7 Å². The van der Waals surface area contributed by atoms with Gasteiger partial charge in [-0.05, 0) is 25.7 Å². The molecule has 18 heavy (non-hydrogen) atoms. The van der Waals surface area contributed by atoms with Gasteiger partial charge in [-0.25, -0.2) is 0 Å². The van der Waals surface area contributed by atoms with Crippen molar-refractivity contribution >= 4 is 5.91 Å². The highest BCUT2D eigenvalue weighted by molar-refractivity contribution is 5.76. The summed E-state index contributed by atoms with van der Waals surface area (Å²) in [6, 6.07) is 0.687. The Hall–Kier alpha value is -0.610. The van der Waals surface area contributed by atoms with Crippen LogP contribution in [-0.4, -0.2) is 37.7 Å². The predicted octanol–water partition coefficient (Wildman–Crippen LogP) is 1.59. The van der Waals surface area contributed by atoms with Crippen molar-refractivity contribution in [1.82, 2.24) is 10.6 Å². The van der Waals surface area contributed by atoms with E-state index in [9.17, 15) is 4.79 Å². The summed E-state index contributed by atoms with van der Waals surface area (Å²) in [7, 11) is 0. The van der Waals surface area contributed by atoms with Crippen molar-refractivity contribution in [2.24, 2.45) is 0 Å². The lowest BCUT2D eigenvalue weighted by molar-refractivity contribution is -0.121. The molecule has 0 aromatic rings. The van der Waals surface area contributed by atoms with E-state index in [0.717, 1.165) is 6.54 Å². The van der Waals surface area contributed by atoms with Gasteiger partial charge in [0.25, 0.3) is 0 Å². The van der Waals surface area contributed by atoms with E-state index in [4.69, 9.17) is 4.74 Å². The van der Waals surface area contributed by atoms with E-state index in [-0.39, 0.29) is 5.91 Å².